The third-order valence-electron chi connectivity index (χ3n) is 4.25. The van der Waals surface area contributed by atoms with Crippen LogP contribution in [0.15, 0.2) is 33.4 Å². The summed E-state index contributed by atoms with van der Waals surface area (Å²) in [5.41, 5.74) is 2.21. The van der Waals surface area contributed by atoms with Gasteiger partial charge in [-0.25, -0.2) is 9.98 Å². The maximum Gasteiger partial charge on any atom is 0.250 e. The Hall–Kier alpha value is -1.42. The fraction of sp³-hybridized carbons (Fsp3) is 0.550. The fourth-order valence-corrected chi connectivity index (χ4v) is 3.54. The van der Waals surface area contributed by atoms with E-state index in [4.69, 9.17) is 0 Å². The molecule has 0 fully saturated rings. The first kappa shape index (κ1) is 24.6. The van der Waals surface area contributed by atoms with E-state index < -0.39 is 0 Å². The van der Waals surface area contributed by atoms with E-state index in [0.717, 1.165) is 54.8 Å². The van der Waals surface area contributed by atoms with E-state index in [1.54, 1.807) is 23.5 Å². The van der Waals surface area contributed by atoms with E-state index >= 15 is 0 Å². The van der Waals surface area contributed by atoms with Crippen LogP contribution in [0.1, 0.15) is 55.9 Å². The van der Waals surface area contributed by atoms with Crippen molar-refractivity contribution in [2.24, 2.45) is 4.99 Å². The number of aryl methyl sites for hydroxylation is 1. The van der Waals surface area contributed by atoms with Crippen LogP contribution in [0.25, 0.3) is 0 Å². The van der Waals surface area contributed by atoms with Crippen molar-refractivity contribution in [3.05, 3.63) is 50.3 Å². The minimum absolute atomic E-state index is 0. The Balaban J connectivity index is 0.00000392. The molecule has 0 saturated carbocycles. The van der Waals surface area contributed by atoms with Gasteiger partial charge in [0.2, 0.25) is 0 Å². The predicted octanol–water partition coefficient (Wildman–Crippen LogP) is 3.89. The topological polar surface area (TPSA) is 71.3 Å². The van der Waals surface area contributed by atoms with Gasteiger partial charge in [-0.2, -0.15) is 0 Å². The second kappa shape index (κ2) is 12.9. The van der Waals surface area contributed by atoms with Crippen molar-refractivity contribution >= 4 is 41.3 Å². The predicted molar refractivity (Wildman–Crippen MR) is 129 cm³/mol. The van der Waals surface area contributed by atoms with Gasteiger partial charge in [0.05, 0.1) is 12.2 Å². The number of aliphatic imine (C=N–C) groups is 1. The van der Waals surface area contributed by atoms with Gasteiger partial charge in [0.1, 0.15) is 5.01 Å². The molecule has 0 unspecified atom stereocenters. The monoisotopic (exact) mass is 517 g/mol. The first-order valence-corrected chi connectivity index (χ1v) is 10.5. The van der Waals surface area contributed by atoms with Crippen LogP contribution in [-0.2, 0) is 13.1 Å². The lowest BCUT2D eigenvalue weighted by atomic mass is 10.2. The average Bonchev–Trinajstić information content (AvgIpc) is 3.11. The number of guanidine groups is 1. The summed E-state index contributed by atoms with van der Waals surface area (Å²) < 4.78 is 1.83. The zero-order chi connectivity index (χ0) is 19.6. The van der Waals surface area contributed by atoms with E-state index in [1.165, 1.54) is 0 Å². The minimum Gasteiger partial charge on any atom is -0.357 e. The third-order valence-corrected chi connectivity index (χ3v) is 5.10. The molecule has 0 aliphatic heterocycles. The highest BCUT2D eigenvalue weighted by Gasteiger charge is 2.06. The van der Waals surface area contributed by atoms with Crippen LogP contribution in [0.5, 0.6) is 0 Å². The highest BCUT2D eigenvalue weighted by molar-refractivity contribution is 14.0. The average molecular weight is 517 g/mol. The number of thiazole rings is 1. The molecule has 0 saturated heterocycles. The van der Waals surface area contributed by atoms with E-state index in [2.05, 4.69) is 46.8 Å². The number of aromatic nitrogens is 2. The SMILES string of the molecule is CCNC(=NCc1nc(C(C)C)cs1)NCCCCn1c(C)cccc1=O.I. The molecule has 2 aromatic heterocycles. The Kier molecular flexibility index (Phi) is 11.4. The molecule has 0 bridgehead atoms. The molecule has 0 atom stereocenters. The zero-order valence-corrected chi connectivity index (χ0v) is 20.3. The summed E-state index contributed by atoms with van der Waals surface area (Å²) in [6.45, 7) is 11.3. The Bertz CT molecular complexity index is 800. The molecular weight excluding hydrogens is 485 g/mol. The quantitative estimate of drug-likeness (QED) is 0.229. The molecule has 28 heavy (non-hydrogen) atoms. The lowest BCUT2D eigenvalue weighted by Crippen LogP contribution is -2.37. The minimum atomic E-state index is 0. The van der Waals surface area contributed by atoms with Crippen molar-refractivity contribution in [2.45, 2.75) is 59.5 Å². The van der Waals surface area contributed by atoms with Crippen molar-refractivity contribution in [3.8, 4) is 0 Å². The maximum atomic E-state index is 11.9. The van der Waals surface area contributed by atoms with E-state index in [-0.39, 0.29) is 29.5 Å². The number of nitrogens with zero attached hydrogens (tertiary/aromatic N) is 3. The molecule has 2 heterocycles. The highest BCUT2D eigenvalue weighted by atomic mass is 127. The molecule has 0 amide bonds. The number of nitrogens with one attached hydrogen (secondary N) is 2. The van der Waals surface area contributed by atoms with Gasteiger partial charge in [-0.15, -0.1) is 35.3 Å². The lowest BCUT2D eigenvalue weighted by molar-refractivity contribution is 0.575. The van der Waals surface area contributed by atoms with Crippen LogP contribution >= 0.6 is 35.3 Å². The van der Waals surface area contributed by atoms with Crippen molar-refractivity contribution in [1.82, 2.24) is 20.2 Å². The molecule has 8 heteroatoms. The van der Waals surface area contributed by atoms with Gasteiger partial charge >= 0.3 is 0 Å². The zero-order valence-electron chi connectivity index (χ0n) is 17.2. The van der Waals surface area contributed by atoms with Crippen molar-refractivity contribution in [3.63, 3.8) is 0 Å². The first-order valence-electron chi connectivity index (χ1n) is 9.64. The summed E-state index contributed by atoms with van der Waals surface area (Å²) in [6.07, 6.45) is 1.92. The summed E-state index contributed by atoms with van der Waals surface area (Å²) in [4.78, 5) is 21.1. The molecule has 0 aromatic carbocycles. The molecule has 2 aromatic rings. The lowest BCUT2D eigenvalue weighted by Gasteiger charge is -2.12. The second-order valence-corrected chi connectivity index (χ2v) is 7.75. The van der Waals surface area contributed by atoms with Gasteiger partial charge in [0, 0.05) is 36.8 Å². The number of hydrogen-bond donors (Lipinski definition) is 2. The number of hydrogen-bond acceptors (Lipinski definition) is 4. The summed E-state index contributed by atoms with van der Waals surface area (Å²) >= 11 is 1.66. The standard InChI is InChI=1S/C20H31N5OS.HI/c1-5-21-20(23-13-18-24-17(14-27-18)15(2)3)22-11-6-7-12-25-16(4)9-8-10-19(25)26;/h8-10,14-15H,5-7,11-13H2,1-4H3,(H2,21,22,23);1H. The van der Waals surface area contributed by atoms with Crippen LogP contribution in [0, 0.1) is 6.92 Å². The van der Waals surface area contributed by atoms with Gasteiger partial charge in [-0.05, 0) is 38.7 Å². The van der Waals surface area contributed by atoms with Gasteiger partial charge < -0.3 is 15.2 Å². The van der Waals surface area contributed by atoms with Gasteiger partial charge in [-0.1, -0.05) is 19.9 Å². The molecule has 0 spiro atoms. The Morgan fingerprint density at radius 1 is 1.29 bits per heavy atom. The van der Waals surface area contributed by atoms with E-state index in [1.807, 2.05) is 17.6 Å². The normalized spacial score (nSPS) is 11.4. The van der Waals surface area contributed by atoms with Crippen molar-refractivity contribution in [2.75, 3.05) is 13.1 Å². The maximum absolute atomic E-state index is 11.9. The van der Waals surface area contributed by atoms with Crippen molar-refractivity contribution in [1.29, 1.82) is 0 Å². The van der Waals surface area contributed by atoms with Gasteiger partial charge in [-0.3, -0.25) is 4.79 Å². The van der Waals surface area contributed by atoms with Crippen LogP contribution in [0.3, 0.4) is 0 Å². The molecule has 156 valence electrons. The smallest absolute Gasteiger partial charge is 0.250 e. The van der Waals surface area contributed by atoms with Gasteiger partial charge in [0.15, 0.2) is 5.96 Å². The summed E-state index contributed by atoms with van der Waals surface area (Å²) in [7, 11) is 0. The van der Waals surface area contributed by atoms with E-state index in [9.17, 15) is 4.79 Å². The molecule has 0 aliphatic rings. The van der Waals surface area contributed by atoms with Crippen LogP contribution < -0.4 is 16.2 Å². The number of pyridine rings is 1. The van der Waals surface area contributed by atoms with E-state index in [0.29, 0.717) is 12.5 Å². The Morgan fingerprint density at radius 2 is 2.07 bits per heavy atom. The largest absolute Gasteiger partial charge is 0.357 e. The molecular formula is C20H32IN5OS. The number of halogens is 1. The fourth-order valence-electron chi connectivity index (χ4n) is 2.66. The second-order valence-electron chi connectivity index (χ2n) is 6.81. The molecule has 6 nitrogen and oxygen atoms in total. The Labute approximate surface area is 188 Å². The number of unbranched alkanes of at least 4 members (excludes halogenated alkanes) is 1. The summed E-state index contributed by atoms with van der Waals surface area (Å²) in [6, 6.07) is 5.39. The molecule has 0 radical (unpaired) electrons. The summed E-state index contributed by atoms with van der Waals surface area (Å²) in [5.74, 6) is 1.26. The highest BCUT2D eigenvalue weighted by Crippen LogP contribution is 2.18. The molecule has 0 aliphatic carbocycles. The Morgan fingerprint density at radius 3 is 2.71 bits per heavy atom. The molecule has 2 N–H and O–H groups in total. The van der Waals surface area contributed by atoms with Crippen LogP contribution in [0.4, 0.5) is 0 Å². The van der Waals surface area contributed by atoms with Crippen molar-refractivity contribution < 1.29 is 0 Å². The molecule has 2 rings (SSSR count). The van der Waals surface area contributed by atoms with Crippen LogP contribution in [-0.4, -0.2) is 28.6 Å². The van der Waals surface area contributed by atoms with Gasteiger partial charge in [0.25, 0.3) is 5.56 Å². The number of rotatable bonds is 9. The van der Waals surface area contributed by atoms with Crippen LogP contribution in [0.2, 0.25) is 0 Å². The summed E-state index contributed by atoms with van der Waals surface area (Å²) in [5, 5.41) is 9.79. The third kappa shape index (κ3) is 7.90. The first-order chi connectivity index (χ1) is 13.0.